The molecular formula is C25H16BF7. The SMILES string of the molecule is FB(F)C1(C(c2ccccc2)(c2ccccc2)c2ccccc2)C(F)=C(F)C(F)=C(F)C1F. The predicted molar refractivity (Wildman–Crippen MR) is 113 cm³/mol. The molecule has 0 N–H and O–H groups in total. The summed E-state index contributed by atoms with van der Waals surface area (Å²) in [5, 5.41) is -3.79. The Bertz CT molecular complexity index is 1100. The Morgan fingerprint density at radius 3 is 1.30 bits per heavy atom. The third-order valence-corrected chi connectivity index (χ3v) is 6.17. The molecule has 2 unspecified atom stereocenters. The van der Waals surface area contributed by atoms with Crippen molar-refractivity contribution in [2.75, 3.05) is 0 Å². The topological polar surface area (TPSA) is 0 Å². The minimum absolute atomic E-state index is 0.0524. The van der Waals surface area contributed by atoms with Crippen molar-refractivity contribution in [3.8, 4) is 0 Å². The average molecular weight is 460 g/mol. The van der Waals surface area contributed by atoms with E-state index in [2.05, 4.69) is 0 Å². The molecule has 2 atom stereocenters. The van der Waals surface area contributed by atoms with Crippen LogP contribution < -0.4 is 0 Å². The van der Waals surface area contributed by atoms with Crippen LogP contribution in [0.3, 0.4) is 0 Å². The second kappa shape index (κ2) is 8.58. The molecule has 0 nitrogen and oxygen atoms in total. The molecule has 33 heavy (non-hydrogen) atoms. The zero-order valence-corrected chi connectivity index (χ0v) is 17.0. The molecule has 3 aromatic carbocycles. The van der Waals surface area contributed by atoms with Crippen LogP contribution in [0.5, 0.6) is 0 Å². The predicted octanol–water partition coefficient (Wildman–Crippen LogP) is 7.84. The van der Waals surface area contributed by atoms with Crippen molar-refractivity contribution in [3.63, 3.8) is 0 Å². The fourth-order valence-electron chi connectivity index (χ4n) is 4.81. The molecule has 0 bridgehead atoms. The summed E-state index contributed by atoms with van der Waals surface area (Å²) in [5.74, 6) is -9.74. The van der Waals surface area contributed by atoms with Crippen LogP contribution in [-0.4, -0.2) is 13.4 Å². The van der Waals surface area contributed by atoms with Crippen LogP contribution in [-0.2, 0) is 5.41 Å². The Labute approximate surface area is 186 Å². The van der Waals surface area contributed by atoms with Gasteiger partial charge < -0.3 is 0 Å². The highest BCUT2D eigenvalue weighted by Gasteiger charge is 2.73. The van der Waals surface area contributed by atoms with Crippen molar-refractivity contribution in [2.45, 2.75) is 16.9 Å². The van der Waals surface area contributed by atoms with Crippen LogP contribution in [0.15, 0.2) is 114 Å². The Balaban J connectivity index is 2.29. The quantitative estimate of drug-likeness (QED) is 0.207. The van der Waals surface area contributed by atoms with E-state index in [0.29, 0.717) is 0 Å². The highest BCUT2D eigenvalue weighted by Crippen LogP contribution is 2.69. The van der Waals surface area contributed by atoms with E-state index >= 15 is 17.4 Å². The van der Waals surface area contributed by atoms with E-state index in [4.69, 9.17) is 0 Å². The maximum absolute atomic E-state index is 15.8. The van der Waals surface area contributed by atoms with Crippen LogP contribution in [0.4, 0.5) is 30.6 Å². The first kappa shape index (κ1) is 22.9. The van der Waals surface area contributed by atoms with Gasteiger partial charge in [-0.05, 0) is 16.7 Å². The maximum atomic E-state index is 15.8. The summed E-state index contributed by atoms with van der Waals surface area (Å²) in [4.78, 5) is 0. The summed E-state index contributed by atoms with van der Waals surface area (Å²) in [6.45, 7) is 0. The molecule has 0 saturated heterocycles. The van der Waals surface area contributed by atoms with Crippen LogP contribution in [0, 0.1) is 0 Å². The van der Waals surface area contributed by atoms with Crippen molar-refractivity contribution in [2.24, 2.45) is 0 Å². The van der Waals surface area contributed by atoms with E-state index in [9.17, 15) is 13.2 Å². The van der Waals surface area contributed by atoms with Gasteiger partial charge in [0.05, 0.1) is 5.41 Å². The summed E-state index contributed by atoms with van der Waals surface area (Å²) in [5.41, 5.74) is -2.64. The van der Waals surface area contributed by atoms with Gasteiger partial charge in [-0.25, -0.2) is 22.0 Å². The zero-order chi connectivity index (χ0) is 23.8. The van der Waals surface area contributed by atoms with Gasteiger partial charge in [0.1, 0.15) is 11.1 Å². The van der Waals surface area contributed by atoms with Gasteiger partial charge in [0.15, 0.2) is 23.7 Å². The van der Waals surface area contributed by atoms with Crippen molar-refractivity contribution in [1.29, 1.82) is 0 Å². The lowest BCUT2D eigenvalue weighted by Crippen LogP contribution is -2.55. The van der Waals surface area contributed by atoms with Gasteiger partial charge in [0.25, 0.3) is 0 Å². The lowest BCUT2D eigenvalue weighted by atomic mass is 9.39. The molecule has 1 aliphatic rings. The van der Waals surface area contributed by atoms with Crippen molar-refractivity contribution < 1.29 is 30.6 Å². The monoisotopic (exact) mass is 460 g/mol. The molecule has 0 spiro atoms. The first-order chi connectivity index (χ1) is 15.8. The standard InChI is InChI=1S/C25H16BF7/c27-19-20(28)22(30)25(26(32)33,23(31)21(19)29)24(16-10-4-1-5-11-16,17-12-6-2-7-13-17)18-14-8-3-9-15-18/h1-15,22H. The van der Waals surface area contributed by atoms with E-state index in [1.807, 2.05) is 0 Å². The third-order valence-electron chi connectivity index (χ3n) is 6.17. The number of hydrogen-bond donors (Lipinski definition) is 0. The fourth-order valence-corrected chi connectivity index (χ4v) is 4.81. The molecule has 3 aromatic rings. The highest BCUT2D eigenvalue weighted by atomic mass is 19.2. The molecule has 8 heteroatoms. The van der Waals surface area contributed by atoms with Crippen LogP contribution in [0.25, 0.3) is 0 Å². The molecular weight excluding hydrogens is 444 g/mol. The minimum Gasteiger partial charge on any atom is -0.285 e. The minimum atomic E-state index is -3.99. The molecule has 0 saturated carbocycles. The Kier molecular flexibility index (Phi) is 5.95. The summed E-state index contributed by atoms with van der Waals surface area (Å²) in [6.07, 6.45) is -3.53. The number of halogens is 7. The number of alkyl halides is 1. The number of hydrogen-bond acceptors (Lipinski definition) is 0. The number of allylic oxidation sites excluding steroid dienone is 4. The van der Waals surface area contributed by atoms with Gasteiger partial charge in [0.2, 0.25) is 0 Å². The Hall–Kier alpha value is -3.29. The largest absolute Gasteiger partial charge is 0.556 e. The van der Waals surface area contributed by atoms with Gasteiger partial charge in [0, 0.05) is 0 Å². The molecule has 0 radical (unpaired) electrons. The molecule has 0 aromatic heterocycles. The van der Waals surface area contributed by atoms with Crippen molar-refractivity contribution >= 4 is 7.27 Å². The smallest absolute Gasteiger partial charge is 0.285 e. The van der Waals surface area contributed by atoms with Gasteiger partial charge in [-0.15, -0.1) is 0 Å². The summed E-state index contributed by atoms with van der Waals surface area (Å²) >= 11 is 0. The summed E-state index contributed by atoms with van der Waals surface area (Å²) in [6, 6.07) is 21.4. The molecule has 0 amide bonds. The lowest BCUT2D eigenvalue weighted by molar-refractivity contribution is 0.160. The molecule has 0 heterocycles. The van der Waals surface area contributed by atoms with E-state index in [-0.39, 0.29) is 16.7 Å². The van der Waals surface area contributed by atoms with Crippen molar-refractivity contribution in [3.05, 3.63) is 131 Å². The second-order valence-corrected chi connectivity index (χ2v) is 7.67. The Morgan fingerprint density at radius 1 is 0.606 bits per heavy atom. The molecule has 0 fully saturated rings. The molecule has 1 aliphatic carbocycles. The van der Waals surface area contributed by atoms with E-state index in [1.165, 1.54) is 72.8 Å². The average Bonchev–Trinajstić information content (AvgIpc) is 2.85. The van der Waals surface area contributed by atoms with Gasteiger partial charge in [-0.3, -0.25) is 8.63 Å². The van der Waals surface area contributed by atoms with E-state index < -0.39 is 47.5 Å². The molecule has 168 valence electrons. The van der Waals surface area contributed by atoms with Crippen LogP contribution in [0.2, 0.25) is 5.31 Å². The fraction of sp³-hybridized carbons (Fsp3) is 0.120. The summed E-state index contributed by atoms with van der Waals surface area (Å²) in [7, 11) is -3.99. The van der Waals surface area contributed by atoms with Gasteiger partial charge in [-0.2, -0.15) is 0 Å². The lowest BCUT2D eigenvalue weighted by Gasteiger charge is -2.51. The first-order valence-corrected chi connectivity index (χ1v) is 10.0. The maximum Gasteiger partial charge on any atom is 0.556 e. The number of benzene rings is 3. The van der Waals surface area contributed by atoms with E-state index in [0.717, 1.165) is 0 Å². The molecule has 4 rings (SSSR count). The zero-order valence-electron chi connectivity index (χ0n) is 17.0. The van der Waals surface area contributed by atoms with Gasteiger partial charge in [-0.1, -0.05) is 91.0 Å². The Morgan fingerprint density at radius 2 is 0.970 bits per heavy atom. The van der Waals surface area contributed by atoms with Crippen LogP contribution in [0.1, 0.15) is 16.7 Å². The van der Waals surface area contributed by atoms with Gasteiger partial charge >= 0.3 is 7.27 Å². The first-order valence-electron chi connectivity index (χ1n) is 10.0. The second-order valence-electron chi connectivity index (χ2n) is 7.67. The van der Waals surface area contributed by atoms with Crippen LogP contribution >= 0.6 is 0 Å². The normalized spacial score (nSPS) is 21.4. The van der Waals surface area contributed by atoms with Crippen molar-refractivity contribution in [1.82, 2.24) is 0 Å². The molecule has 0 aliphatic heterocycles. The summed E-state index contributed by atoms with van der Waals surface area (Å²) < 4.78 is 105. The number of rotatable bonds is 5. The van der Waals surface area contributed by atoms with E-state index in [1.54, 1.807) is 18.2 Å². The third kappa shape index (κ3) is 3.07. The highest BCUT2D eigenvalue weighted by molar-refractivity contribution is 6.50.